The molecule has 6 heteroatoms. The van der Waals surface area contributed by atoms with E-state index >= 15 is 0 Å². The van der Waals surface area contributed by atoms with Crippen LogP contribution in [0.4, 0.5) is 5.69 Å². The highest BCUT2D eigenvalue weighted by atomic mass is 16.5. The largest absolute Gasteiger partial charge is 0.493 e. The number of aromatic nitrogens is 1. The molecule has 0 aliphatic carbocycles. The Balaban J connectivity index is 0.00000320. The fourth-order valence-electron chi connectivity index (χ4n) is 3.33. The molecule has 0 fully saturated rings. The quantitative estimate of drug-likeness (QED) is 0.484. The Morgan fingerprint density at radius 2 is 1.60 bits per heavy atom. The van der Waals surface area contributed by atoms with Gasteiger partial charge in [0.25, 0.3) is 0 Å². The standard InChI is InChI=1S/C23H28N2O4.CH4/c1-5-9-29-23-20(26-3)11-15(12-21(23)27-4)10-16-13-25-14-18-17(16)7-8-19(22(18)24)28-6-2;/h7-8,11-14H,5-6,9-10,24H2,1-4H3;1H4. The third-order valence-electron chi connectivity index (χ3n) is 4.69. The number of ether oxygens (including phenoxy) is 4. The van der Waals surface area contributed by atoms with E-state index in [2.05, 4.69) is 11.9 Å². The average molecular weight is 413 g/mol. The summed E-state index contributed by atoms with van der Waals surface area (Å²) in [7, 11) is 3.26. The van der Waals surface area contributed by atoms with E-state index in [4.69, 9.17) is 24.7 Å². The first-order chi connectivity index (χ1) is 14.1. The van der Waals surface area contributed by atoms with Gasteiger partial charge >= 0.3 is 0 Å². The van der Waals surface area contributed by atoms with Crippen LogP contribution in [0.15, 0.2) is 36.7 Å². The molecule has 1 heterocycles. The van der Waals surface area contributed by atoms with Crippen LogP contribution in [0.3, 0.4) is 0 Å². The molecular weight excluding hydrogens is 380 g/mol. The maximum Gasteiger partial charge on any atom is 0.203 e. The topological polar surface area (TPSA) is 75.8 Å². The smallest absolute Gasteiger partial charge is 0.203 e. The number of nitrogen functional groups attached to an aromatic ring is 1. The summed E-state index contributed by atoms with van der Waals surface area (Å²) in [4.78, 5) is 4.39. The van der Waals surface area contributed by atoms with E-state index in [9.17, 15) is 0 Å². The van der Waals surface area contributed by atoms with Crippen molar-refractivity contribution in [1.29, 1.82) is 0 Å². The van der Waals surface area contributed by atoms with Crippen molar-refractivity contribution in [2.45, 2.75) is 34.1 Å². The average Bonchev–Trinajstić information content (AvgIpc) is 2.74. The highest BCUT2D eigenvalue weighted by molar-refractivity contribution is 5.97. The highest BCUT2D eigenvalue weighted by Crippen LogP contribution is 2.40. The summed E-state index contributed by atoms with van der Waals surface area (Å²) in [6.07, 6.45) is 5.20. The third-order valence-corrected chi connectivity index (χ3v) is 4.69. The third kappa shape index (κ3) is 4.70. The number of nitrogens with two attached hydrogens (primary N) is 1. The van der Waals surface area contributed by atoms with Crippen molar-refractivity contribution < 1.29 is 18.9 Å². The first-order valence-corrected chi connectivity index (χ1v) is 9.78. The molecule has 0 amide bonds. The van der Waals surface area contributed by atoms with E-state index in [1.165, 1.54) is 0 Å². The van der Waals surface area contributed by atoms with E-state index in [1.54, 1.807) is 20.4 Å². The molecule has 162 valence electrons. The minimum absolute atomic E-state index is 0. The predicted molar refractivity (Wildman–Crippen MR) is 122 cm³/mol. The predicted octanol–water partition coefficient (Wildman–Crippen LogP) is 5.25. The number of anilines is 1. The van der Waals surface area contributed by atoms with Gasteiger partial charge in [0.1, 0.15) is 5.75 Å². The molecule has 0 saturated heterocycles. The second kappa shape index (κ2) is 10.6. The maximum absolute atomic E-state index is 6.30. The SMILES string of the molecule is C.CCCOc1c(OC)cc(Cc2cncc3c(N)c(OCC)ccc23)cc1OC. The van der Waals surface area contributed by atoms with Crippen molar-refractivity contribution in [3.8, 4) is 23.0 Å². The normalized spacial score (nSPS) is 10.4. The van der Waals surface area contributed by atoms with Gasteiger partial charge in [-0.1, -0.05) is 20.4 Å². The molecular formula is C24H32N2O4. The van der Waals surface area contributed by atoms with Crippen LogP contribution in [0.25, 0.3) is 10.8 Å². The van der Waals surface area contributed by atoms with Crippen molar-refractivity contribution in [1.82, 2.24) is 4.98 Å². The highest BCUT2D eigenvalue weighted by Gasteiger charge is 2.16. The molecule has 3 rings (SSSR count). The summed E-state index contributed by atoms with van der Waals surface area (Å²) in [5.41, 5.74) is 9.00. The van der Waals surface area contributed by atoms with Crippen molar-refractivity contribution in [3.05, 3.63) is 47.8 Å². The second-order valence-electron chi connectivity index (χ2n) is 6.66. The molecule has 0 bridgehead atoms. The van der Waals surface area contributed by atoms with Gasteiger partial charge in [-0.05, 0) is 54.5 Å². The molecule has 6 nitrogen and oxygen atoms in total. The molecule has 2 N–H and O–H groups in total. The van der Waals surface area contributed by atoms with Gasteiger partial charge in [0, 0.05) is 17.8 Å². The lowest BCUT2D eigenvalue weighted by atomic mass is 9.99. The van der Waals surface area contributed by atoms with Gasteiger partial charge < -0.3 is 24.7 Å². The Morgan fingerprint density at radius 1 is 0.900 bits per heavy atom. The fraction of sp³-hybridized carbons (Fsp3) is 0.375. The zero-order valence-corrected chi connectivity index (χ0v) is 17.5. The Kier molecular flexibility index (Phi) is 8.16. The molecule has 0 spiro atoms. The molecule has 0 aliphatic heterocycles. The van der Waals surface area contributed by atoms with Crippen molar-refractivity contribution >= 4 is 16.5 Å². The Hall–Kier alpha value is -3.15. The number of rotatable bonds is 9. The number of pyridine rings is 1. The van der Waals surface area contributed by atoms with E-state index in [0.717, 1.165) is 28.3 Å². The zero-order valence-electron chi connectivity index (χ0n) is 17.5. The number of methoxy groups -OCH3 is 2. The first-order valence-electron chi connectivity index (χ1n) is 9.78. The molecule has 0 saturated carbocycles. The maximum atomic E-state index is 6.30. The summed E-state index contributed by atoms with van der Waals surface area (Å²) in [6, 6.07) is 7.89. The van der Waals surface area contributed by atoms with Crippen LogP contribution in [0.2, 0.25) is 0 Å². The van der Waals surface area contributed by atoms with Crippen LogP contribution >= 0.6 is 0 Å². The second-order valence-corrected chi connectivity index (χ2v) is 6.66. The van der Waals surface area contributed by atoms with Gasteiger partial charge in [-0.2, -0.15) is 0 Å². The van der Waals surface area contributed by atoms with Gasteiger partial charge in [0.05, 0.1) is 33.1 Å². The summed E-state index contributed by atoms with van der Waals surface area (Å²) in [5.74, 6) is 2.61. The number of fused-ring (bicyclic) bond motifs is 1. The van der Waals surface area contributed by atoms with Crippen LogP contribution in [0, 0.1) is 0 Å². The van der Waals surface area contributed by atoms with Crippen LogP contribution in [-0.2, 0) is 6.42 Å². The summed E-state index contributed by atoms with van der Waals surface area (Å²) in [6.45, 7) is 5.16. The number of benzene rings is 2. The molecule has 3 aromatic rings. The molecule has 0 aliphatic rings. The monoisotopic (exact) mass is 412 g/mol. The Morgan fingerprint density at radius 3 is 2.20 bits per heavy atom. The molecule has 30 heavy (non-hydrogen) atoms. The van der Waals surface area contributed by atoms with Crippen LogP contribution in [0.5, 0.6) is 23.0 Å². The first kappa shape index (κ1) is 23.1. The van der Waals surface area contributed by atoms with E-state index in [1.807, 2.05) is 37.4 Å². The van der Waals surface area contributed by atoms with Crippen LogP contribution < -0.4 is 24.7 Å². The van der Waals surface area contributed by atoms with Crippen molar-refractivity contribution in [2.24, 2.45) is 0 Å². The minimum atomic E-state index is 0. The molecule has 2 aromatic carbocycles. The van der Waals surface area contributed by atoms with Crippen LogP contribution in [0.1, 0.15) is 38.8 Å². The number of hydrogen-bond acceptors (Lipinski definition) is 6. The lowest BCUT2D eigenvalue weighted by molar-refractivity contribution is 0.274. The summed E-state index contributed by atoms with van der Waals surface area (Å²) in [5, 5.41) is 1.93. The minimum Gasteiger partial charge on any atom is -0.493 e. The molecule has 0 radical (unpaired) electrons. The van der Waals surface area contributed by atoms with Gasteiger partial charge in [0.2, 0.25) is 5.75 Å². The molecule has 1 aromatic heterocycles. The fourth-order valence-corrected chi connectivity index (χ4v) is 3.33. The zero-order chi connectivity index (χ0) is 20.8. The van der Waals surface area contributed by atoms with Crippen LogP contribution in [-0.4, -0.2) is 32.4 Å². The number of nitrogens with zero attached hydrogens (tertiary/aromatic N) is 1. The van der Waals surface area contributed by atoms with Gasteiger partial charge in [0.15, 0.2) is 11.5 Å². The van der Waals surface area contributed by atoms with Gasteiger partial charge in [-0.3, -0.25) is 4.98 Å². The van der Waals surface area contributed by atoms with Gasteiger partial charge in [-0.15, -0.1) is 0 Å². The van der Waals surface area contributed by atoms with Crippen molar-refractivity contribution in [3.63, 3.8) is 0 Å². The molecule has 0 unspecified atom stereocenters. The van der Waals surface area contributed by atoms with Gasteiger partial charge in [-0.25, -0.2) is 0 Å². The van der Waals surface area contributed by atoms with E-state index < -0.39 is 0 Å². The lowest BCUT2D eigenvalue weighted by Crippen LogP contribution is -2.02. The van der Waals surface area contributed by atoms with E-state index in [-0.39, 0.29) is 7.43 Å². The Labute approximate surface area is 178 Å². The summed E-state index contributed by atoms with van der Waals surface area (Å²) >= 11 is 0. The Bertz CT molecular complexity index is 963. The van der Waals surface area contributed by atoms with Crippen molar-refractivity contribution in [2.75, 3.05) is 33.2 Å². The summed E-state index contributed by atoms with van der Waals surface area (Å²) < 4.78 is 22.6. The molecule has 0 atom stereocenters. The van der Waals surface area contributed by atoms with E-state index in [0.29, 0.717) is 48.3 Å². The number of hydrogen-bond donors (Lipinski definition) is 1. The lowest BCUT2D eigenvalue weighted by Gasteiger charge is -2.16.